The van der Waals surface area contributed by atoms with Gasteiger partial charge in [0.2, 0.25) is 0 Å². The van der Waals surface area contributed by atoms with Gasteiger partial charge in [-0.25, -0.2) is 23.3 Å². The second-order valence-corrected chi connectivity index (χ2v) is 16.6. The molecule has 4 aromatic rings. The summed E-state index contributed by atoms with van der Waals surface area (Å²) in [6.07, 6.45) is -1.57. The molecule has 1 amide bonds. The van der Waals surface area contributed by atoms with Crippen LogP contribution in [-0.2, 0) is 41.9 Å². The average molecular weight is 824 g/mol. The predicted molar refractivity (Wildman–Crippen MR) is 181 cm³/mol. The van der Waals surface area contributed by atoms with Crippen LogP contribution in [0.4, 0.5) is 5.82 Å². The Hall–Kier alpha value is -4.95. The van der Waals surface area contributed by atoms with Crippen molar-refractivity contribution in [3.63, 3.8) is 0 Å². The number of nitrogens with one attached hydrogen (secondary N) is 1. The van der Waals surface area contributed by atoms with Crippen molar-refractivity contribution >= 4 is 41.2 Å². The summed E-state index contributed by atoms with van der Waals surface area (Å²) in [5.74, 6) is -1.80. The number of amides is 1. The number of aromatic hydroxyl groups is 2. The summed E-state index contributed by atoms with van der Waals surface area (Å²) >= 11 is 0. The first-order chi connectivity index (χ1) is 25.7. The number of nitrogens with zero attached hydrogens (tertiary/aromatic N) is 2. The molecule has 4 heterocycles. The molecule has 1 spiro atoms. The number of fused-ring (bicyclic) bond motifs is 6. The van der Waals surface area contributed by atoms with Gasteiger partial charge in [-0.05, 0) is 42.5 Å². The Morgan fingerprint density at radius 1 is 0.909 bits per heavy atom. The van der Waals surface area contributed by atoms with Crippen LogP contribution in [-0.4, -0.2) is 70.0 Å². The molecule has 22 nitrogen and oxygen atoms in total. The summed E-state index contributed by atoms with van der Waals surface area (Å²) in [4.78, 5) is 80.6. The summed E-state index contributed by atoms with van der Waals surface area (Å²) in [5, 5.41) is 22.9. The third kappa shape index (κ3) is 7.53. The second-order valence-electron chi connectivity index (χ2n) is 12.2. The third-order valence-corrected chi connectivity index (χ3v) is 12.4. The fourth-order valence-corrected chi connectivity index (χ4v) is 9.45. The van der Waals surface area contributed by atoms with Gasteiger partial charge in [0.05, 0.1) is 18.2 Å². The van der Waals surface area contributed by atoms with Crippen LogP contribution in [0.1, 0.15) is 50.1 Å². The van der Waals surface area contributed by atoms with Gasteiger partial charge in [0, 0.05) is 47.0 Å². The highest BCUT2D eigenvalue weighted by atomic mass is 31.3. The van der Waals surface area contributed by atoms with Crippen LogP contribution < -0.4 is 21.5 Å². The van der Waals surface area contributed by atoms with Crippen LogP contribution in [0.25, 0.3) is 0 Å². The molecule has 3 aliphatic rings. The Bertz CT molecular complexity index is 2420. The molecule has 1 aromatic heterocycles. The molecule has 3 aromatic carbocycles. The molecule has 0 radical (unpaired) electrons. The van der Waals surface area contributed by atoms with Gasteiger partial charge in [0.25, 0.3) is 5.91 Å². The first-order valence-corrected chi connectivity index (χ1v) is 20.1. The van der Waals surface area contributed by atoms with Gasteiger partial charge in [-0.1, -0.05) is 6.07 Å². The minimum atomic E-state index is -5.86. The lowest BCUT2D eigenvalue weighted by Gasteiger charge is -2.36. The number of carbonyl (C=O) groups is 2. The van der Waals surface area contributed by atoms with Crippen molar-refractivity contribution in [3.05, 3.63) is 105 Å². The maximum absolute atomic E-state index is 13.7. The van der Waals surface area contributed by atoms with E-state index in [4.69, 9.17) is 34.3 Å². The topological polar surface area (TPSA) is 335 Å². The van der Waals surface area contributed by atoms with E-state index >= 15 is 0 Å². The molecule has 2 unspecified atom stereocenters. The molecule has 5 atom stereocenters. The number of nitrogens with two attached hydrogens (primary N) is 1. The maximum Gasteiger partial charge on any atom is 0.490 e. The van der Waals surface area contributed by atoms with Crippen LogP contribution in [0.3, 0.4) is 0 Å². The van der Waals surface area contributed by atoms with E-state index in [2.05, 4.69) is 18.9 Å². The first-order valence-electron chi connectivity index (χ1n) is 15.6. The molecule has 0 bridgehead atoms. The van der Waals surface area contributed by atoms with Crippen molar-refractivity contribution in [1.82, 2.24) is 14.9 Å². The van der Waals surface area contributed by atoms with E-state index in [1.165, 1.54) is 66.9 Å². The molecular formula is C30H27N4O18P3. The van der Waals surface area contributed by atoms with Gasteiger partial charge >= 0.3 is 35.1 Å². The minimum absolute atomic E-state index is 0.0307. The van der Waals surface area contributed by atoms with Crippen molar-refractivity contribution in [2.75, 3.05) is 12.3 Å². The Balaban J connectivity index is 1.17. The molecule has 290 valence electrons. The highest BCUT2D eigenvalue weighted by molar-refractivity contribution is 7.66. The zero-order chi connectivity index (χ0) is 39.7. The van der Waals surface area contributed by atoms with E-state index in [0.717, 1.165) is 4.57 Å². The number of phosphoric ester groups is 1. The lowest BCUT2D eigenvalue weighted by atomic mass is 9.77. The lowest BCUT2D eigenvalue weighted by molar-refractivity contribution is -0.0281. The third-order valence-electron chi connectivity index (χ3n) is 8.57. The summed E-state index contributed by atoms with van der Waals surface area (Å²) < 4.78 is 66.3. The number of benzene rings is 3. The molecular weight excluding hydrogens is 797 g/mol. The largest absolute Gasteiger partial charge is 0.508 e. The number of nitrogen functional groups attached to an aromatic ring is 1. The lowest BCUT2D eigenvalue weighted by Crippen LogP contribution is -2.42. The Labute approximate surface area is 307 Å². The molecule has 0 aliphatic carbocycles. The quantitative estimate of drug-likeness (QED) is 0.0839. The van der Waals surface area contributed by atoms with Crippen LogP contribution in [0.2, 0.25) is 0 Å². The van der Waals surface area contributed by atoms with Gasteiger partial charge < -0.3 is 55.0 Å². The van der Waals surface area contributed by atoms with Crippen molar-refractivity contribution in [2.45, 2.75) is 30.4 Å². The Kier molecular flexibility index (Phi) is 9.52. The summed E-state index contributed by atoms with van der Waals surface area (Å²) in [6.45, 7) is -0.979. The number of hydrogen-bond acceptors (Lipinski definition) is 16. The van der Waals surface area contributed by atoms with Gasteiger partial charge in [0.1, 0.15) is 41.1 Å². The number of phosphoric acid groups is 3. The Morgan fingerprint density at radius 3 is 2.16 bits per heavy atom. The normalized spacial score (nSPS) is 21.7. The van der Waals surface area contributed by atoms with E-state index in [1.807, 2.05) is 0 Å². The number of carbonyl (C=O) groups excluding carboxylic acids is 2. The predicted octanol–water partition coefficient (Wildman–Crippen LogP) is 2.23. The number of phenolic OH excluding ortho intramolecular Hbond substituents is 2. The molecule has 3 aliphatic heterocycles. The zero-order valence-electron chi connectivity index (χ0n) is 27.4. The maximum atomic E-state index is 13.7. The highest BCUT2D eigenvalue weighted by Gasteiger charge is 2.54. The fraction of sp³-hybridized carbons (Fsp3) is 0.200. The summed E-state index contributed by atoms with van der Waals surface area (Å²) in [5.41, 5.74) is 3.95. The van der Waals surface area contributed by atoms with Gasteiger partial charge in [-0.15, -0.1) is 0 Å². The van der Waals surface area contributed by atoms with Crippen LogP contribution in [0.15, 0.2) is 71.7 Å². The van der Waals surface area contributed by atoms with Crippen molar-refractivity contribution < 1.29 is 80.4 Å². The van der Waals surface area contributed by atoms with Crippen LogP contribution >= 0.6 is 23.5 Å². The SMILES string of the molecule is Nc1ccn([C@H]2C[C@H](NC(=O)c3ccc4c(c3)C(=O)OC43c4ccc(O)cc4Oc4cc(O)ccc43)[C@@H](COP(=O)(O)OP(=O)(O)OP(=O)(O)O)O2)c(=O)n1. The number of rotatable bonds is 10. The number of anilines is 1. The number of phenols is 2. The van der Waals surface area contributed by atoms with Gasteiger partial charge in [-0.2, -0.15) is 13.6 Å². The van der Waals surface area contributed by atoms with Crippen LogP contribution in [0.5, 0.6) is 23.0 Å². The second kappa shape index (κ2) is 13.7. The number of hydrogen-bond donors (Lipinski definition) is 8. The minimum Gasteiger partial charge on any atom is -0.508 e. The van der Waals surface area contributed by atoms with Crippen molar-refractivity contribution in [3.8, 4) is 23.0 Å². The number of aromatic nitrogens is 2. The van der Waals surface area contributed by atoms with Gasteiger partial charge in [-0.3, -0.25) is 13.9 Å². The van der Waals surface area contributed by atoms with E-state index in [9.17, 15) is 48.1 Å². The average Bonchev–Trinajstić information content (AvgIpc) is 3.59. The van der Waals surface area contributed by atoms with E-state index < -0.39 is 71.6 Å². The summed E-state index contributed by atoms with van der Waals surface area (Å²) in [6, 6.07) is 12.6. The standard InChI is InChI=1S/C30H27N4O18P3/c31-25-7-8-34(29(39)33-25)26-12-21(24(49-26)13-47-54(43,44)52-55(45,46)51-53(40,41)42)32-27(37)14-1-4-18-17(9-14)28(38)50-30(18)19-5-2-15(35)10-22(19)48-23-11-16(36)3-6-20(23)30/h1-11,21,24,26,35-36H,12-13H2,(H,32,37)(H,43,44)(H,45,46)(H2,31,33,39)(H2,40,41,42)/t21-,24+,26+/m0/s1. The van der Waals surface area contributed by atoms with E-state index in [1.54, 1.807) is 0 Å². The van der Waals surface area contributed by atoms with E-state index in [-0.39, 0.29) is 46.4 Å². The first kappa shape index (κ1) is 38.3. The van der Waals surface area contributed by atoms with Crippen LogP contribution in [0, 0.1) is 0 Å². The smallest absolute Gasteiger partial charge is 0.490 e. The Morgan fingerprint density at radius 2 is 1.55 bits per heavy atom. The summed E-state index contributed by atoms with van der Waals surface area (Å²) in [7, 11) is -17.1. The van der Waals surface area contributed by atoms with Gasteiger partial charge in [0.15, 0.2) is 5.60 Å². The molecule has 0 saturated carbocycles. The molecule has 1 fully saturated rings. The molecule has 1 saturated heterocycles. The molecule has 7 rings (SSSR count). The van der Waals surface area contributed by atoms with E-state index in [0.29, 0.717) is 16.7 Å². The molecule has 55 heavy (non-hydrogen) atoms. The molecule has 9 N–H and O–H groups in total. The number of ether oxygens (including phenoxy) is 3. The van der Waals surface area contributed by atoms with Crippen molar-refractivity contribution in [1.29, 1.82) is 0 Å². The fourth-order valence-electron chi connectivity index (χ4n) is 6.42. The zero-order valence-corrected chi connectivity index (χ0v) is 30.1. The highest BCUT2D eigenvalue weighted by Crippen LogP contribution is 2.66. The van der Waals surface area contributed by atoms with Crippen molar-refractivity contribution in [2.24, 2.45) is 0 Å². The number of esters is 1. The monoisotopic (exact) mass is 824 g/mol. The molecule has 25 heteroatoms.